The number of phenolic OH excluding ortho intramolecular Hbond substituents is 1. The molecule has 1 aromatic carbocycles. The second-order valence-electron chi connectivity index (χ2n) is 5.25. The zero-order chi connectivity index (χ0) is 11.6. The predicted molar refractivity (Wildman–Crippen MR) is 64.3 cm³/mol. The van der Waals surface area contributed by atoms with E-state index in [0.717, 1.165) is 12.0 Å². The third kappa shape index (κ3) is 2.74. The molecule has 0 fully saturated rings. The molecule has 0 aliphatic carbocycles. The van der Waals surface area contributed by atoms with Crippen LogP contribution in [-0.2, 0) is 5.41 Å². The van der Waals surface area contributed by atoms with Gasteiger partial charge in [-0.1, -0.05) is 40.7 Å². The van der Waals surface area contributed by atoms with E-state index >= 15 is 0 Å². The molecule has 1 nitrogen and oxygen atoms in total. The van der Waals surface area contributed by atoms with Crippen LogP contribution in [0, 0.1) is 6.07 Å². The zero-order valence-electron chi connectivity index (χ0n) is 10.4. The maximum absolute atomic E-state index is 9.75. The van der Waals surface area contributed by atoms with Crippen LogP contribution in [0.4, 0.5) is 0 Å². The van der Waals surface area contributed by atoms with Crippen molar-refractivity contribution >= 4 is 0 Å². The van der Waals surface area contributed by atoms with Crippen LogP contribution in [0.2, 0.25) is 0 Å². The van der Waals surface area contributed by atoms with Crippen molar-refractivity contribution < 1.29 is 5.11 Å². The molecule has 0 aliphatic heterocycles. The maximum atomic E-state index is 9.75. The highest BCUT2D eigenvalue weighted by Gasteiger charge is 2.17. The van der Waals surface area contributed by atoms with Crippen molar-refractivity contribution in [2.45, 2.75) is 52.4 Å². The van der Waals surface area contributed by atoms with E-state index in [9.17, 15) is 5.11 Å². The number of rotatable bonds is 2. The Hall–Kier alpha value is -0.980. The summed E-state index contributed by atoms with van der Waals surface area (Å²) in [6, 6.07) is 6.95. The minimum Gasteiger partial charge on any atom is -0.507 e. The second kappa shape index (κ2) is 4.26. The quantitative estimate of drug-likeness (QED) is 0.773. The van der Waals surface area contributed by atoms with Crippen LogP contribution in [-0.4, -0.2) is 5.11 Å². The first-order valence-electron chi connectivity index (χ1n) is 5.61. The van der Waals surface area contributed by atoms with Crippen LogP contribution in [0.15, 0.2) is 12.1 Å². The summed E-state index contributed by atoms with van der Waals surface area (Å²) in [5.41, 5.74) is 2.37. The summed E-state index contributed by atoms with van der Waals surface area (Å²) in [6.45, 7) is 10.8. The van der Waals surface area contributed by atoms with E-state index < -0.39 is 0 Å². The van der Waals surface area contributed by atoms with Crippen LogP contribution in [0.1, 0.15) is 58.1 Å². The molecule has 1 radical (unpaired) electrons. The lowest BCUT2D eigenvalue weighted by Crippen LogP contribution is -2.11. The van der Waals surface area contributed by atoms with E-state index in [1.165, 1.54) is 5.56 Å². The average molecular weight is 205 g/mol. The summed E-state index contributed by atoms with van der Waals surface area (Å²) in [5, 5.41) is 9.75. The molecular weight excluding hydrogens is 184 g/mol. The fraction of sp³-hybridized carbons (Fsp3) is 0.571. The van der Waals surface area contributed by atoms with Gasteiger partial charge in [0.25, 0.3) is 0 Å². The molecule has 1 aromatic rings. The molecule has 0 aliphatic rings. The van der Waals surface area contributed by atoms with Gasteiger partial charge in [-0.25, -0.2) is 0 Å². The Kier molecular flexibility index (Phi) is 3.43. The summed E-state index contributed by atoms with van der Waals surface area (Å²) in [5.74, 6) is 0.695. The van der Waals surface area contributed by atoms with E-state index in [1.54, 1.807) is 0 Å². The fourth-order valence-corrected chi connectivity index (χ4v) is 1.54. The molecule has 0 spiro atoms. The summed E-state index contributed by atoms with van der Waals surface area (Å²) in [7, 11) is 0. The van der Waals surface area contributed by atoms with Crippen molar-refractivity contribution in [3.05, 3.63) is 29.3 Å². The Morgan fingerprint density at radius 3 is 2.47 bits per heavy atom. The topological polar surface area (TPSA) is 20.2 Å². The normalized spacial score (nSPS) is 13.9. The number of hydrogen-bond acceptors (Lipinski definition) is 1. The van der Waals surface area contributed by atoms with Gasteiger partial charge in [0.05, 0.1) is 0 Å². The van der Waals surface area contributed by atoms with Crippen molar-refractivity contribution in [1.82, 2.24) is 0 Å². The molecular formula is C14H21O. The van der Waals surface area contributed by atoms with Gasteiger partial charge in [0.2, 0.25) is 0 Å². The summed E-state index contributed by atoms with van der Waals surface area (Å²) in [6.07, 6.45) is 1.04. The molecule has 1 unspecified atom stereocenters. The lowest BCUT2D eigenvalue weighted by molar-refractivity contribution is 0.459. The molecule has 1 rings (SSSR count). The van der Waals surface area contributed by atoms with Crippen molar-refractivity contribution in [3.8, 4) is 5.75 Å². The van der Waals surface area contributed by atoms with Crippen LogP contribution in [0.3, 0.4) is 0 Å². The van der Waals surface area contributed by atoms with Gasteiger partial charge in [0.15, 0.2) is 0 Å². The van der Waals surface area contributed by atoms with Gasteiger partial charge in [-0.3, -0.25) is 0 Å². The van der Waals surface area contributed by atoms with Crippen molar-refractivity contribution in [2.24, 2.45) is 0 Å². The highest BCUT2D eigenvalue weighted by atomic mass is 16.3. The third-order valence-electron chi connectivity index (χ3n) is 2.96. The summed E-state index contributed by atoms with van der Waals surface area (Å²) >= 11 is 0. The first kappa shape index (κ1) is 12.1. The van der Waals surface area contributed by atoms with Crippen molar-refractivity contribution in [3.63, 3.8) is 0 Å². The standard InChI is InChI=1S/C14H21O/c1-6-10(2)12-9-11(14(3,4)5)7-8-13(12)15/h7,9-10,15H,6H2,1-5H3. The van der Waals surface area contributed by atoms with Gasteiger partial charge in [0, 0.05) is 6.07 Å². The Balaban J connectivity index is 3.17. The Bertz CT molecular complexity index is 334. The molecule has 83 valence electrons. The molecule has 0 amide bonds. The molecule has 15 heavy (non-hydrogen) atoms. The molecule has 0 aromatic heterocycles. The van der Waals surface area contributed by atoms with Crippen LogP contribution in [0.25, 0.3) is 0 Å². The van der Waals surface area contributed by atoms with Gasteiger partial charge in [-0.05, 0) is 34.9 Å². The monoisotopic (exact) mass is 205 g/mol. The van der Waals surface area contributed by atoms with Crippen LogP contribution in [0.5, 0.6) is 5.75 Å². The Labute approximate surface area is 93.1 Å². The van der Waals surface area contributed by atoms with Crippen molar-refractivity contribution in [2.75, 3.05) is 0 Å². The third-order valence-corrected chi connectivity index (χ3v) is 2.96. The van der Waals surface area contributed by atoms with Gasteiger partial charge >= 0.3 is 0 Å². The highest BCUT2D eigenvalue weighted by molar-refractivity contribution is 5.39. The molecule has 0 saturated carbocycles. The molecule has 0 heterocycles. The minimum absolute atomic E-state index is 0.117. The molecule has 1 N–H and O–H groups in total. The minimum atomic E-state index is 0.117. The van der Waals surface area contributed by atoms with E-state index in [4.69, 9.17) is 0 Å². The fourth-order valence-electron chi connectivity index (χ4n) is 1.54. The van der Waals surface area contributed by atoms with E-state index in [-0.39, 0.29) is 5.41 Å². The SMILES string of the molecule is CCC(C)c1cc(C(C)(C)C)c[c]c1O. The van der Waals surface area contributed by atoms with Gasteiger partial charge < -0.3 is 5.11 Å². The lowest BCUT2D eigenvalue weighted by atomic mass is 9.84. The zero-order valence-corrected chi connectivity index (χ0v) is 10.4. The van der Waals surface area contributed by atoms with Crippen molar-refractivity contribution in [1.29, 1.82) is 0 Å². The highest BCUT2D eigenvalue weighted by Crippen LogP contribution is 2.32. The van der Waals surface area contributed by atoms with E-state index in [1.807, 2.05) is 6.07 Å². The van der Waals surface area contributed by atoms with Crippen LogP contribution < -0.4 is 0 Å². The first-order chi connectivity index (χ1) is 6.86. The molecule has 0 bridgehead atoms. The second-order valence-corrected chi connectivity index (χ2v) is 5.25. The molecule has 1 heteroatoms. The van der Waals surface area contributed by atoms with E-state index in [0.29, 0.717) is 11.7 Å². The largest absolute Gasteiger partial charge is 0.507 e. The van der Waals surface area contributed by atoms with E-state index in [2.05, 4.69) is 46.8 Å². The van der Waals surface area contributed by atoms with Gasteiger partial charge in [-0.15, -0.1) is 0 Å². The first-order valence-corrected chi connectivity index (χ1v) is 5.61. The predicted octanol–water partition coefficient (Wildman–Crippen LogP) is 4.00. The Morgan fingerprint density at radius 1 is 1.40 bits per heavy atom. The number of hydrogen-bond donors (Lipinski definition) is 1. The van der Waals surface area contributed by atoms with Gasteiger partial charge in [-0.2, -0.15) is 0 Å². The van der Waals surface area contributed by atoms with Gasteiger partial charge in [0.1, 0.15) is 5.75 Å². The average Bonchev–Trinajstić information content (AvgIpc) is 2.15. The molecule has 1 atom stereocenters. The van der Waals surface area contributed by atoms with Crippen LogP contribution >= 0.6 is 0 Å². The maximum Gasteiger partial charge on any atom is 0.127 e. The smallest absolute Gasteiger partial charge is 0.127 e. The Morgan fingerprint density at radius 2 is 2.00 bits per heavy atom. The molecule has 0 saturated heterocycles. The lowest BCUT2D eigenvalue weighted by Gasteiger charge is -2.21. The summed E-state index contributed by atoms with van der Waals surface area (Å²) < 4.78 is 0. The number of phenols is 1. The summed E-state index contributed by atoms with van der Waals surface area (Å²) in [4.78, 5) is 0. The number of aromatic hydroxyl groups is 1. The number of benzene rings is 1.